The first kappa shape index (κ1) is 18.0. The Balaban J connectivity index is 1.54. The van der Waals surface area contributed by atoms with Crippen LogP contribution in [0.15, 0.2) is 28.8 Å². The average Bonchev–Trinajstić information content (AvgIpc) is 3.10. The summed E-state index contributed by atoms with van der Waals surface area (Å²) in [5.41, 5.74) is 0.971. The zero-order valence-corrected chi connectivity index (χ0v) is 14.9. The molecule has 0 N–H and O–H groups in total. The highest BCUT2D eigenvalue weighted by atomic mass is 19.1. The van der Waals surface area contributed by atoms with Crippen molar-refractivity contribution in [1.82, 2.24) is 15.0 Å². The van der Waals surface area contributed by atoms with Crippen molar-refractivity contribution in [3.63, 3.8) is 0 Å². The topological polar surface area (TPSA) is 51.4 Å². The summed E-state index contributed by atoms with van der Waals surface area (Å²) in [6.45, 7) is 7.84. The Kier molecular flexibility index (Phi) is 6.15. The molecule has 0 amide bonds. The predicted molar refractivity (Wildman–Crippen MR) is 92.7 cm³/mol. The Labute approximate surface area is 148 Å². The van der Waals surface area contributed by atoms with E-state index in [2.05, 4.69) is 22.0 Å². The summed E-state index contributed by atoms with van der Waals surface area (Å²) in [6.07, 6.45) is 2.83. The second kappa shape index (κ2) is 8.54. The van der Waals surface area contributed by atoms with E-state index in [9.17, 15) is 4.39 Å². The van der Waals surface area contributed by atoms with Crippen LogP contribution >= 0.6 is 0 Å². The van der Waals surface area contributed by atoms with Crippen LogP contribution in [0.2, 0.25) is 0 Å². The average molecular weight is 347 g/mol. The quantitative estimate of drug-likeness (QED) is 0.766. The van der Waals surface area contributed by atoms with Crippen LogP contribution in [0.5, 0.6) is 0 Å². The van der Waals surface area contributed by atoms with E-state index in [4.69, 9.17) is 9.26 Å². The van der Waals surface area contributed by atoms with Crippen molar-refractivity contribution in [2.45, 2.75) is 39.2 Å². The second-order valence-electron chi connectivity index (χ2n) is 6.67. The molecule has 6 heteroatoms. The molecule has 0 spiro atoms. The molecule has 1 aliphatic heterocycles. The highest BCUT2D eigenvalue weighted by Crippen LogP contribution is 2.26. The van der Waals surface area contributed by atoms with E-state index in [0.717, 1.165) is 44.7 Å². The van der Waals surface area contributed by atoms with Crippen LogP contribution in [0, 0.1) is 11.7 Å². The number of hydrogen-bond donors (Lipinski definition) is 0. The number of halogens is 1. The molecule has 25 heavy (non-hydrogen) atoms. The van der Waals surface area contributed by atoms with Gasteiger partial charge in [0.05, 0.1) is 6.04 Å². The lowest BCUT2D eigenvalue weighted by molar-refractivity contribution is 0.0578. The largest absolute Gasteiger partial charge is 0.381 e. The molecule has 0 aliphatic carbocycles. The first-order chi connectivity index (χ1) is 12.2. The normalized spacial score (nSPS) is 17.7. The van der Waals surface area contributed by atoms with E-state index in [1.54, 1.807) is 12.1 Å². The fourth-order valence-corrected chi connectivity index (χ4v) is 3.24. The molecule has 1 saturated heterocycles. The second-order valence-corrected chi connectivity index (χ2v) is 6.67. The third-order valence-corrected chi connectivity index (χ3v) is 4.87. The van der Waals surface area contributed by atoms with E-state index in [1.165, 1.54) is 12.1 Å². The monoisotopic (exact) mass is 347 g/mol. The molecular weight excluding hydrogens is 321 g/mol. The number of hydrogen-bond acceptors (Lipinski definition) is 5. The van der Waals surface area contributed by atoms with Crippen LogP contribution in [-0.2, 0) is 11.2 Å². The Hall–Kier alpha value is -1.79. The van der Waals surface area contributed by atoms with Gasteiger partial charge in [0.25, 0.3) is 0 Å². The fourth-order valence-electron chi connectivity index (χ4n) is 3.24. The molecule has 0 radical (unpaired) electrons. The van der Waals surface area contributed by atoms with Gasteiger partial charge < -0.3 is 9.26 Å². The molecule has 1 unspecified atom stereocenters. The molecule has 2 aromatic rings. The minimum Gasteiger partial charge on any atom is -0.381 e. The summed E-state index contributed by atoms with van der Waals surface area (Å²) in [4.78, 5) is 6.92. The SMILES string of the molecule is CCOCC1CCN(C(C)c2nc(Cc3ccc(F)cc3)no2)CC1. The van der Waals surface area contributed by atoms with Crippen LogP contribution in [0.1, 0.15) is 50.0 Å². The molecule has 0 bridgehead atoms. The maximum atomic E-state index is 13.0. The number of nitrogens with zero attached hydrogens (tertiary/aromatic N) is 3. The van der Waals surface area contributed by atoms with Gasteiger partial charge >= 0.3 is 0 Å². The lowest BCUT2D eigenvalue weighted by Gasteiger charge is -2.34. The van der Waals surface area contributed by atoms with Crippen LogP contribution in [0.4, 0.5) is 4.39 Å². The summed E-state index contributed by atoms with van der Waals surface area (Å²) in [6, 6.07) is 6.51. The third kappa shape index (κ3) is 4.86. The minimum atomic E-state index is -0.237. The fraction of sp³-hybridized carbons (Fsp3) is 0.579. The van der Waals surface area contributed by atoms with Crippen LogP contribution in [-0.4, -0.2) is 41.3 Å². The van der Waals surface area contributed by atoms with E-state index < -0.39 is 0 Å². The summed E-state index contributed by atoms with van der Waals surface area (Å²) < 4.78 is 24.0. The van der Waals surface area contributed by atoms with Crippen molar-refractivity contribution in [2.24, 2.45) is 5.92 Å². The van der Waals surface area contributed by atoms with Crippen molar-refractivity contribution in [1.29, 1.82) is 0 Å². The van der Waals surface area contributed by atoms with Gasteiger partial charge in [-0.1, -0.05) is 17.3 Å². The predicted octanol–water partition coefficient (Wildman–Crippen LogP) is 3.61. The minimum absolute atomic E-state index is 0.113. The number of ether oxygens (including phenoxy) is 1. The maximum Gasteiger partial charge on any atom is 0.243 e. The van der Waals surface area contributed by atoms with Crippen molar-refractivity contribution >= 4 is 0 Å². The van der Waals surface area contributed by atoms with Crippen LogP contribution in [0.25, 0.3) is 0 Å². The third-order valence-electron chi connectivity index (χ3n) is 4.87. The van der Waals surface area contributed by atoms with Gasteiger partial charge in [-0.3, -0.25) is 4.90 Å². The summed E-state index contributed by atoms with van der Waals surface area (Å²) in [5, 5.41) is 4.08. The van der Waals surface area contributed by atoms with Gasteiger partial charge in [-0.15, -0.1) is 0 Å². The van der Waals surface area contributed by atoms with Crippen LogP contribution in [0.3, 0.4) is 0 Å². The van der Waals surface area contributed by atoms with Gasteiger partial charge in [-0.25, -0.2) is 4.39 Å². The molecule has 1 fully saturated rings. The van der Waals surface area contributed by atoms with Gasteiger partial charge in [0.1, 0.15) is 5.82 Å². The van der Waals surface area contributed by atoms with Gasteiger partial charge in [0.2, 0.25) is 5.89 Å². The number of aromatic nitrogens is 2. The van der Waals surface area contributed by atoms with Gasteiger partial charge in [0.15, 0.2) is 5.82 Å². The smallest absolute Gasteiger partial charge is 0.243 e. The zero-order chi connectivity index (χ0) is 17.6. The molecule has 5 nitrogen and oxygen atoms in total. The maximum absolute atomic E-state index is 13.0. The Morgan fingerprint density at radius 3 is 2.68 bits per heavy atom. The van der Waals surface area contributed by atoms with Gasteiger partial charge in [0, 0.05) is 19.6 Å². The Morgan fingerprint density at radius 1 is 1.28 bits per heavy atom. The number of piperidine rings is 1. The molecule has 2 heterocycles. The molecule has 136 valence electrons. The Morgan fingerprint density at radius 2 is 2.00 bits per heavy atom. The first-order valence-electron chi connectivity index (χ1n) is 9.04. The number of benzene rings is 1. The lowest BCUT2D eigenvalue weighted by Crippen LogP contribution is -2.37. The first-order valence-corrected chi connectivity index (χ1v) is 9.04. The lowest BCUT2D eigenvalue weighted by atomic mass is 9.97. The van der Waals surface area contributed by atoms with E-state index in [0.29, 0.717) is 24.1 Å². The molecule has 3 rings (SSSR count). The van der Waals surface area contributed by atoms with Gasteiger partial charge in [-0.05, 0) is 63.4 Å². The standard InChI is InChI=1S/C19H26FN3O2/c1-3-24-13-16-8-10-23(11-9-16)14(2)19-21-18(22-25-19)12-15-4-6-17(20)7-5-15/h4-7,14,16H,3,8-13H2,1-2H3. The Bertz CT molecular complexity index is 651. The van der Waals surface area contributed by atoms with E-state index in [1.807, 2.05) is 6.92 Å². The van der Waals surface area contributed by atoms with Crippen molar-refractivity contribution < 1.29 is 13.7 Å². The van der Waals surface area contributed by atoms with Crippen molar-refractivity contribution in [3.8, 4) is 0 Å². The van der Waals surface area contributed by atoms with Crippen LogP contribution < -0.4 is 0 Å². The number of likely N-dealkylation sites (tertiary alicyclic amines) is 1. The molecule has 1 aromatic carbocycles. The summed E-state index contributed by atoms with van der Waals surface area (Å²) in [7, 11) is 0. The zero-order valence-electron chi connectivity index (χ0n) is 14.9. The molecule has 1 aromatic heterocycles. The molecule has 0 saturated carbocycles. The van der Waals surface area contributed by atoms with Gasteiger partial charge in [-0.2, -0.15) is 4.98 Å². The van der Waals surface area contributed by atoms with Crippen molar-refractivity contribution in [3.05, 3.63) is 47.4 Å². The summed E-state index contributed by atoms with van der Waals surface area (Å²) in [5.74, 6) is 1.71. The van der Waals surface area contributed by atoms with Crippen molar-refractivity contribution in [2.75, 3.05) is 26.3 Å². The van der Waals surface area contributed by atoms with E-state index >= 15 is 0 Å². The summed E-state index contributed by atoms with van der Waals surface area (Å²) >= 11 is 0. The highest BCUT2D eigenvalue weighted by Gasteiger charge is 2.26. The highest BCUT2D eigenvalue weighted by molar-refractivity contribution is 5.19. The molecular formula is C19H26FN3O2. The molecule has 1 atom stereocenters. The molecule has 1 aliphatic rings. The van der Waals surface area contributed by atoms with E-state index in [-0.39, 0.29) is 11.9 Å². The number of rotatable bonds is 7.